The molecule has 11 atom stereocenters. The van der Waals surface area contributed by atoms with Crippen LogP contribution in [-0.4, -0.2) is 136 Å². The van der Waals surface area contributed by atoms with E-state index >= 15 is 0 Å². The number of hydrogen-bond donors (Lipinski definition) is 9. The molecule has 0 radical (unpaired) electrons. The van der Waals surface area contributed by atoms with E-state index in [1.54, 1.807) is 0 Å². The Morgan fingerprint density at radius 1 is 0.806 bits per heavy atom. The molecule has 2 rings (SSSR count). The molecule has 15 heteroatoms. The number of aliphatic hydroxyl groups excluding tert-OH is 6. The van der Waals surface area contributed by atoms with Gasteiger partial charge in [0, 0.05) is 19.5 Å². The highest BCUT2D eigenvalue weighted by Gasteiger charge is 2.43. The molecule has 10 N–H and O–H groups in total. The van der Waals surface area contributed by atoms with E-state index in [4.69, 9.17) is 24.7 Å². The van der Waals surface area contributed by atoms with Crippen molar-refractivity contribution in [2.45, 2.75) is 94.1 Å². The number of amides is 2. The van der Waals surface area contributed by atoms with Gasteiger partial charge in [-0.1, -0.05) is 0 Å². The topological polar surface area (TPSA) is 243 Å². The van der Waals surface area contributed by atoms with Gasteiger partial charge in [0.25, 0.3) is 0 Å². The number of nitrogens with two attached hydrogens (primary N) is 1. The maximum Gasteiger partial charge on any atom is 0.234 e. The SMILES string of the molecule is C[C@@H]1O[C@@H](OCCNC(=O)CC[C@H](NCCO[C@@H]2O[C@@H](C)[C@@H](O)[C@@H](O)[C@@H]2O)C(N)=O)[C@@H](O)[C@H](O)[C@@H]1O. The Kier molecular flexibility index (Phi) is 12.3. The van der Waals surface area contributed by atoms with E-state index in [1.807, 2.05) is 0 Å². The van der Waals surface area contributed by atoms with Crippen molar-refractivity contribution in [2.24, 2.45) is 5.73 Å². The zero-order valence-corrected chi connectivity index (χ0v) is 20.3. The van der Waals surface area contributed by atoms with Gasteiger partial charge in [-0.25, -0.2) is 0 Å². The van der Waals surface area contributed by atoms with Crippen LogP contribution in [0.25, 0.3) is 0 Å². The largest absolute Gasteiger partial charge is 0.388 e. The molecule has 2 heterocycles. The first kappa shape index (κ1) is 30.7. The highest BCUT2D eigenvalue weighted by Crippen LogP contribution is 2.22. The zero-order chi connectivity index (χ0) is 27.0. The average Bonchev–Trinajstić information content (AvgIpc) is 2.84. The molecule has 2 aliphatic heterocycles. The molecule has 36 heavy (non-hydrogen) atoms. The average molecular weight is 526 g/mol. The summed E-state index contributed by atoms with van der Waals surface area (Å²) in [5, 5.41) is 64.2. The quantitative estimate of drug-likeness (QED) is 0.102. The van der Waals surface area contributed by atoms with Crippen molar-refractivity contribution in [1.82, 2.24) is 10.6 Å². The fourth-order valence-corrected chi connectivity index (χ4v) is 3.78. The molecule has 0 aliphatic carbocycles. The van der Waals surface area contributed by atoms with E-state index in [0.717, 1.165) is 0 Å². The third kappa shape index (κ3) is 8.53. The Balaban J connectivity index is 1.62. The smallest absolute Gasteiger partial charge is 0.234 e. The van der Waals surface area contributed by atoms with Crippen LogP contribution in [0.2, 0.25) is 0 Å². The van der Waals surface area contributed by atoms with Crippen molar-refractivity contribution in [3.05, 3.63) is 0 Å². The van der Waals surface area contributed by atoms with E-state index in [-0.39, 0.29) is 45.1 Å². The van der Waals surface area contributed by atoms with E-state index < -0.39 is 73.4 Å². The van der Waals surface area contributed by atoms with Crippen LogP contribution in [0.4, 0.5) is 0 Å². The summed E-state index contributed by atoms with van der Waals surface area (Å²) >= 11 is 0. The second kappa shape index (κ2) is 14.4. The Labute approximate surface area is 208 Å². The third-order valence-electron chi connectivity index (χ3n) is 6.10. The van der Waals surface area contributed by atoms with Gasteiger partial charge in [-0.3, -0.25) is 9.59 Å². The summed E-state index contributed by atoms with van der Waals surface area (Å²) in [4.78, 5) is 23.8. The lowest BCUT2D eigenvalue weighted by atomic mass is 10.0. The molecule has 2 aliphatic rings. The fourth-order valence-electron chi connectivity index (χ4n) is 3.78. The molecule has 15 nitrogen and oxygen atoms in total. The summed E-state index contributed by atoms with van der Waals surface area (Å²) in [5.41, 5.74) is 5.38. The van der Waals surface area contributed by atoms with Gasteiger partial charge in [-0.15, -0.1) is 0 Å². The van der Waals surface area contributed by atoms with Crippen molar-refractivity contribution >= 4 is 11.8 Å². The summed E-state index contributed by atoms with van der Waals surface area (Å²) in [6.45, 7) is 3.21. The molecule has 210 valence electrons. The summed E-state index contributed by atoms with van der Waals surface area (Å²) in [5.74, 6) is -1.05. The molecular weight excluding hydrogens is 486 g/mol. The molecule has 2 saturated heterocycles. The van der Waals surface area contributed by atoms with Gasteiger partial charge in [0.1, 0.15) is 36.6 Å². The first-order valence-corrected chi connectivity index (χ1v) is 11.9. The number of ether oxygens (including phenoxy) is 4. The third-order valence-corrected chi connectivity index (χ3v) is 6.10. The molecular formula is C21H39N3O12. The molecule has 0 unspecified atom stereocenters. The summed E-state index contributed by atoms with van der Waals surface area (Å²) in [6.07, 6.45) is -11.9. The monoisotopic (exact) mass is 525 g/mol. The Morgan fingerprint density at radius 3 is 1.75 bits per heavy atom. The van der Waals surface area contributed by atoms with Crippen LogP contribution in [-0.2, 0) is 28.5 Å². The van der Waals surface area contributed by atoms with Gasteiger partial charge in [0.2, 0.25) is 11.8 Å². The maximum absolute atomic E-state index is 12.1. The van der Waals surface area contributed by atoms with Crippen molar-refractivity contribution in [2.75, 3.05) is 26.3 Å². The second-order valence-corrected chi connectivity index (χ2v) is 8.90. The van der Waals surface area contributed by atoms with Crippen molar-refractivity contribution in [1.29, 1.82) is 0 Å². The first-order valence-electron chi connectivity index (χ1n) is 11.9. The van der Waals surface area contributed by atoms with Crippen LogP contribution < -0.4 is 16.4 Å². The number of rotatable bonds is 13. The second-order valence-electron chi connectivity index (χ2n) is 8.90. The van der Waals surface area contributed by atoms with Crippen molar-refractivity contribution in [3.63, 3.8) is 0 Å². The number of aliphatic hydroxyl groups is 6. The number of nitrogens with one attached hydrogen (secondary N) is 2. The van der Waals surface area contributed by atoms with Crippen LogP contribution in [0.1, 0.15) is 26.7 Å². The minimum atomic E-state index is -1.44. The van der Waals surface area contributed by atoms with E-state index in [0.29, 0.717) is 0 Å². The lowest BCUT2D eigenvalue weighted by molar-refractivity contribution is -0.292. The number of primary amides is 1. The standard InChI is InChI=1S/C21H39N3O12/c1-9-13(26)15(28)17(30)20(35-9)33-7-5-23-11(19(22)32)3-4-12(25)24-6-8-34-21-18(31)16(29)14(27)10(2)36-21/h9-11,13-18,20-21,23,26-31H,3-8H2,1-2H3,(H2,22,32)(H,24,25)/t9-,10-,11-,13+,14+,15+,16+,17-,18-,20+,21+/m0/s1. The van der Waals surface area contributed by atoms with E-state index in [9.17, 15) is 40.2 Å². The Hall–Kier alpha value is -1.50. The molecule has 0 spiro atoms. The van der Waals surface area contributed by atoms with Crippen LogP contribution in [0.5, 0.6) is 0 Å². The predicted molar refractivity (Wildman–Crippen MR) is 120 cm³/mol. The van der Waals surface area contributed by atoms with Gasteiger partial charge in [0.15, 0.2) is 12.6 Å². The zero-order valence-electron chi connectivity index (χ0n) is 20.3. The summed E-state index contributed by atoms with van der Waals surface area (Å²) in [7, 11) is 0. The maximum atomic E-state index is 12.1. The number of carbonyl (C=O) groups excluding carboxylic acids is 2. The molecule has 0 saturated carbocycles. The predicted octanol–water partition coefficient (Wildman–Crippen LogP) is -4.99. The van der Waals surface area contributed by atoms with Crippen LogP contribution in [0, 0.1) is 0 Å². The normalized spacial score (nSPS) is 37.9. The van der Waals surface area contributed by atoms with Crippen molar-refractivity contribution < 1.29 is 59.2 Å². The number of carbonyl (C=O) groups is 2. The highest BCUT2D eigenvalue weighted by molar-refractivity contribution is 5.81. The minimum absolute atomic E-state index is 0.00991. The minimum Gasteiger partial charge on any atom is -0.388 e. The van der Waals surface area contributed by atoms with Gasteiger partial charge in [-0.05, 0) is 20.3 Å². The first-order chi connectivity index (χ1) is 16.9. The molecule has 0 aromatic rings. The number of hydrogen-bond acceptors (Lipinski definition) is 13. The van der Waals surface area contributed by atoms with E-state index in [2.05, 4.69) is 10.6 Å². The lowest BCUT2D eigenvalue weighted by Crippen LogP contribution is -2.57. The van der Waals surface area contributed by atoms with E-state index in [1.165, 1.54) is 13.8 Å². The van der Waals surface area contributed by atoms with Gasteiger partial charge in [-0.2, -0.15) is 0 Å². The molecule has 0 aromatic carbocycles. The molecule has 0 aromatic heterocycles. The molecule has 2 fully saturated rings. The fraction of sp³-hybridized carbons (Fsp3) is 0.905. The van der Waals surface area contributed by atoms with Gasteiger partial charge in [0.05, 0.1) is 31.5 Å². The summed E-state index contributed by atoms with van der Waals surface area (Å²) in [6, 6.07) is -0.834. The lowest BCUT2D eigenvalue weighted by Gasteiger charge is -2.38. The highest BCUT2D eigenvalue weighted by atomic mass is 16.7. The van der Waals surface area contributed by atoms with Crippen molar-refractivity contribution in [3.8, 4) is 0 Å². The van der Waals surface area contributed by atoms with Gasteiger partial charge >= 0.3 is 0 Å². The van der Waals surface area contributed by atoms with Crippen LogP contribution in [0.15, 0.2) is 0 Å². The van der Waals surface area contributed by atoms with Crippen LogP contribution in [0.3, 0.4) is 0 Å². The summed E-state index contributed by atoms with van der Waals surface area (Å²) < 4.78 is 21.3. The Bertz CT molecular complexity index is 703. The molecule has 0 bridgehead atoms. The Morgan fingerprint density at radius 2 is 1.28 bits per heavy atom. The molecule has 2 amide bonds. The van der Waals surface area contributed by atoms with Crippen LogP contribution >= 0.6 is 0 Å². The van der Waals surface area contributed by atoms with Gasteiger partial charge < -0.3 is 66.0 Å².